The molecule has 47 heavy (non-hydrogen) atoms. The number of aromatic hydroxyl groups is 1. The van der Waals surface area contributed by atoms with Crippen molar-refractivity contribution in [2.75, 3.05) is 0 Å². The Labute approximate surface area is 290 Å². The quantitative estimate of drug-likeness (QED) is 0.180. The molecule has 0 fully saturated rings. The molecular weight excluding hydrogens is 760 g/mol. The molecule has 0 spiro atoms. The van der Waals surface area contributed by atoms with Crippen LogP contribution in [0.15, 0.2) is 110 Å². The van der Waals surface area contributed by atoms with Crippen LogP contribution in [0, 0.1) is 6.07 Å². The summed E-state index contributed by atoms with van der Waals surface area (Å²) in [5.41, 5.74) is 10.3. The van der Waals surface area contributed by atoms with Gasteiger partial charge in [-0.25, -0.2) is 0 Å². The van der Waals surface area contributed by atoms with Gasteiger partial charge in [0.2, 0.25) is 0 Å². The average Bonchev–Trinajstić information content (AvgIpc) is 3.44. The molecule has 0 amide bonds. The molecule has 0 aliphatic heterocycles. The van der Waals surface area contributed by atoms with Crippen LogP contribution < -0.4 is 0 Å². The Hall–Kier alpha value is -4.60. The minimum Gasteiger partial charge on any atom is -0.507 e. The van der Waals surface area contributed by atoms with E-state index >= 15 is 0 Å². The summed E-state index contributed by atoms with van der Waals surface area (Å²) in [7, 11) is 0. The second-order valence-electron chi connectivity index (χ2n) is 14.0. The Morgan fingerprint density at radius 1 is 0.660 bits per heavy atom. The number of fused-ring (bicyclic) bond motifs is 2. The molecule has 7 rings (SSSR count). The standard InChI is InChI=1S/C41H37N4O.Pt/c1-40(2,3)29-16-18-31(19-17-29)45-35-25-42-24-34(32-14-7-8-15-36(32)46)38(35)44-39(45)28-12-9-11-26(21-28)33-23-30(41(4,5)6)22-27-13-10-20-43-37(27)33;/h7-20,22-25,46H,1-6H3;/q-1;. The van der Waals surface area contributed by atoms with Gasteiger partial charge < -0.3 is 9.67 Å². The molecule has 0 bridgehead atoms. The molecule has 0 saturated carbocycles. The molecule has 6 heteroatoms. The van der Waals surface area contributed by atoms with Crippen LogP contribution in [-0.4, -0.2) is 24.6 Å². The van der Waals surface area contributed by atoms with Crippen LogP contribution in [0.4, 0.5) is 0 Å². The Kier molecular flexibility index (Phi) is 8.40. The van der Waals surface area contributed by atoms with E-state index in [1.165, 1.54) is 11.1 Å². The van der Waals surface area contributed by atoms with E-state index in [-0.39, 0.29) is 37.6 Å². The maximum absolute atomic E-state index is 10.8. The number of hydrogen-bond donors (Lipinski definition) is 1. The molecule has 0 saturated heterocycles. The number of benzene rings is 4. The number of nitrogens with zero attached hydrogens (tertiary/aromatic N) is 4. The van der Waals surface area contributed by atoms with E-state index in [4.69, 9.17) is 9.97 Å². The van der Waals surface area contributed by atoms with Crippen LogP contribution in [0.2, 0.25) is 0 Å². The molecule has 4 aromatic carbocycles. The number of pyridine rings is 2. The number of phenols is 1. The van der Waals surface area contributed by atoms with Gasteiger partial charge in [0.1, 0.15) is 5.75 Å². The smallest absolute Gasteiger partial charge is 0.123 e. The van der Waals surface area contributed by atoms with E-state index in [2.05, 4.69) is 118 Å². The van der Waals surface area contributed by atoms with Crippen molar-refractivity contribution in [3.05, 3.63) is 127 Å². The molecule has 3 aromatic heterocycles. The van der Waals surface area contributed by atoms with Crippen LogP contribution in [-0.2, 0) is 31.9 Å². The van der Waals surface area contributed by atoms with E-state index in [1.54, 1.807) is 12.3 Å². The summed E-state index contributed by atoms with van der Waals surface area (Å²) in [4.78, 5) is 14.7. The number of aromatic nitrogens is 4. The minimum absolute atomic E-state index is 0. The van der Waals surface area contributed by atoms with Crippen LogP contribution in [0.5, 0.6) is 5.75 Å². The summed E-state index contributed by atoms with van der Waals surface area (Å²) >= 11 is 0. The van der Waals surface area contributed by atoms with E-state index in [0.717, 1.165) is 55.7 Å². The predicted octanol–water partition coefficient (Wildman–Crippen LogP) is 10.1. The number of hydrogen-bond acceptors (Lipinski definition) is 4. The first-order chi connectivity index (χ1) is 22.0. The van der Waals surface area contributed by atoms with Gasteiger partial charge in [0.25, 0.3) is 0 Å². The monoisotopic (exact) mass is 796 g/mol. The van der Waals surface area contributed by atoms with Crippen LogP contribution in [0.1, 0.15) is 52.7 Å². The topological polar surface area (TPSA) is 63.8 Å². The molecule has 5 nitrogen and oxygen atoms in total. The van der Waals surface area contributed by atoms with Crippen molar-refractivity contribution in [3.8, 4) is 45.1 Å². The van der Waals surface area contributed by atoms with Gasteiger partial charge in [-0.3, -0.25) is 15.0 Å². The van der Waals surface area contributed by atoms with Gasteiger partial charge in [0.15, 0.2) is 0 Å². The maximum Gasteiger partial charge on any atom is 0.123 e. The Bertz CT molecular complexity index is 2240. The Morgan fingerprint density at radius 3 is 2.11 bits per heavy atom. The summed E-state index contributed by atoms with van der Waals surface area (Å²) in [6.45, 7) is 13.4. The zero-order valence-corrected chi connectivity index (χ0v) is 29.7. The molecule has 0 unspecified atom stereocenters. The van der Waals surface area contributed by atoms with Crippen molar-refractivity contribution < 1.29 is 26.2 Å². The number of phenolic OH excluding ortho intramolecular Hbond substituents is 1. The van der Waals surface area contributed by atoms with Crippen molar-refractivity contribution in [2.45, 2.75) is 52.4 Å². The first kappa shape index (κ1) is 32.3. The Morgan fingerprint density at radius 2 is 1.38 bits per heavy atom. The molecule has 7 aromatic rings. The van der Waals surface area contributed by atoms with Crippen LogP contribution in [0.25, 0.3) is 61.3 Å². The second-order valence-corrected chi connectivity index (χ2v) is 14.0. The molecule has 0 atom stereocenters. The zero-order chi connectivity index (χ0) is 32.2. The van der Waals surface area contributed by atoms with Gasteiger partial charge in [-0.05, 0) is 51.6 Å². The zero-order valence-electron chi connectivity index (χ0n) is 27.4. The molecule has 3 heterocycles. The summed E-state index contributed by atoms with van der Waals surface area (Å²) in [6, 6.07) is 34.5. The van der Waals surface area contributed by atoms with E-state index < -0.39 is 0 Å². The largest absolute Gasteiger partial charge is 0.507 e. The minimum atomic E-state index is -0.0318. The fraction of sp³-hybridized carbons (Fsp3) is 0.195. The van der Waals surface area contributed by atoms with Gasteiger partial charge in [0.05, 0.1) is 23.1 Å². The summed E-state index contributed by atoms with van der Waals surface area (Å²) < 4.78 is 2.15. The molecular formula is C41H37N4OPt-. The fourth-order valence-electron chi connectivity index (χ4n) is 6.03. The third-order valence-corrected chi connectivity index (χ3v) is 8.65. The van der Waals surface area contributed by atoms with Crippen molar-refractivity contribution in [3.63, 3.8) is 0 Å². The van der Waals surface area contributed by atoms with Gasteiger partial charge in [-0.2, -0.15) is 0 Å². The van der Waals surface area contributed by atoms with Crippen molar-refractivity contribution in [1.82, 2.24) is 19.5 Å². The molecule has 0 aliphatic rings. The van der Waals surface area contributed by atoms with E-state index in [9.17, 15) is 5.11 Å². The van der Waals surface area contributed by atoms with Crippen molar-refractivity contribution >= 4 is 21.9 Å². The third-order valence-electron chi connectivity index (χ3n) is 8.65. The van der Waals surface area contributed by atoms with E-state index in [1.807, 2.05) is 36.7 Å². The van der Waals surface area contributed by atoms with Crippen LogP contribution in [0.3, 0.4) is 0 Å². The summed E-state index contributed by atoms with van der Waals surface area (Å²) in [6.07, 6.45) is 5.47. The summed E-state index contributed by atoms with van der Waals surface area (Å²) in [5, 5.41) is 11.9. The van der Waals surface area contributed by atoms with Crippen molar-refractivity contribution in [1.29, 1.82) is 0 Å². The summed E-state index contributed by atoms with van der Waals surface area (Å²) in [5.74, 6) is 0.934. The number of rotatable bonds is 4. The molecule has 0 radical (unpaired) electrons. The Balaban J connectivity index is 0.00000386. The van der Waals surface area contributed by atoms with Gasteiger partial charge in [0, 0.05) is 55.8 Å². The normalized spacial score (nSPS) is 12.0. The van der Waals surface area contributed by atoms with Gasteiger partial charge in [-0.1, -0.05) is 101 Å². The molecule has 0 aliphatic carbocycles. The third kappa shape index (κ3) is 6.01. The SMILES string of the molecule is CC(C)(C)c1ccc(-n2c(-c3[c-]c(-c4cc(C(C)(C)C)cc5cccnc45)ccc3)nc3c(-c4ccccc4O)cncc32)cc1.[Pt]. The van der Waals surface area contributed by atoms with Gasteiger partial charge >= 0.3 is 0 Å². The van der Waals surface area contributed by atoms with Gasteiger partial charge in [-0.15, -0.1) is 29.8 Å². The maximum atomic E-state index is 10.8. The second kappa shape index (κ2) is 12.2. The fourth-order valence-corrected chi connectivity index (χ4v) is 6.03. The first-order valence-corrected chi connectivity index (χ1v) is 15.7. The average molecular weight is 797 g/mol. The first-order valence-electron chi connectivity index (χ1n) is 15.7. The van der Waals surface area contributed by atoms with Crippen molar-refractivity contribution in [2.24, 2.45) is 0 Å². The van der Waals surface area contributed by atoms with E-state index in [0.29, 0.717) is 5.56 Å². The van der Waals surface area contributed by atoms with Crippen LogP contribution >= 0.6 is 0 Å². The predicted molar refractivity (Wildman–Crippen MR) is 188 cm³/mol. The molecule has 1 N–H and O–H groups in total. The number of imidazole rings is 1. The molecule has 238 valence electrons. The number of para-hydroxylation sites is 1.